The molecule has 1 aliphatic heterocycles. The summed E-state index contributed by atoms with van der Waals surface area (Å²) in [6.07, 6.45) is 2.34. The third kappa shape index (κ3) is 5.96. The molecule has 0 aromatic heterocycles. The van der Waals surface area contributed by atoms with Crippen molar-refractivity contribution in [1.82, 2.24) is 0 Å². The molecule has 0 aliphatic carbocycles. The van der Waals surface area contributed by atoms with Crippen LogP contribution in [0.15, 0.2) is 120 Å². The Morgan fingerprint density at radius 3 is 2.26 bits per heavy atom. The molecule has 1 heterocycles. The Bertz CT molecular complexity index is 1520. The molecule has 0 saturated carbocycles. The number of benzene rings is 4. The van der Waals surface area contributed by atoms with Gasteiger partial charge in [-0.25, -0.2) is 0 Å². The van der Waals surface area contributed by atoms with Gasteiger partial charge in [-0.05, 0) is 53.1 Å². The first-order valence-electron chi connectivity index (χ1n) is 12.6. The number of allylic oxidation sites excluding steroid dienone is 1. The molecule has 0 spiro atoms. The highest BCUT2D eigenvalue weighted by atomic mass is 16.5. The highest BCUT2D eigenvalue weighted by molar-refractivity contribution is 6.21. The molecule has 0 unspecified atom stereocenters. The molecule has 6 heteroatoms. The minimum atomic E-state index is 0.376. The second kappa shape index (κ2) is 12.0. The number of hydrogen-bond donors (Lipinski definition) is 1. The summed E-state index contributed by atoms with van der Waals surface area (Å²) in [6.45, 7) is 0.421. The monoisotopic (exact) mass is 519 g/mol. The third-order valence-corrected chi connectivity index (χ3v) is 6.41. The van der Waals surface area contributed by atoms with Crippen LogP contribution in [0.2, 0.25) is 0 Å². The number of rotatable bonds is 9. The lowest BCUT2D eigenvalue weighted by Crippen LogP contribution is -2.25. The molecule has 39 heavy (non-hydrogen) atoms. The minimum absolute atomic E-state index is 0.376. The number of hydrogen-bond acceptors (Lipinski definition) is 6. The van der Waals surface area contributed by atoms with E-state index >= 15 is 0 Å². The van der Waals surface area contributed by atoms with Gasteiger partial charge in [0.25, 0.3) is 0 Å². The molecule has 196 valence electrons. The van der Waals surface area contributed by atoms with Gasteiger partial charge < -0.3 is 24.2 Å². The fourth-order valence-electron chi connectivity index (χ4n) is 4.38. The Labute approximate surface area is 228 Å². The van der Waals surface area contributed by atoms with Crippen molar-refractivity contribution in [2.24, 2.45) is 5.16 Å². The number of nitrogens with zero attached hydrogens (tertiary/aromatic N) is 1. The van der Waals surface area contributed by atoms with Crippen molar-refractivity contribution in [1.29, 1.82) is 0 Å². The van der Waals surface area contributed by atoms with Crippen molar-refractivity contribution in [2.75, 3.05) is 14.2 Å². The quantitative estimate of drug-likeness (QED) is 0.188. The maximum Gasteiger partial charge on any atom is 0.187 e. The molecule has 1 fully saturated rings. The van der Waals surface area contributed by atoms with Crippen molar-refractivity contribution in [3.63, 3.8) is 0 Å². The Morgan fingerprint density at radius 2 is 1.51 bits per heavy atom. The van der Waals surface area contributed by atoms with Gasteiger partial charge in [0.2, 0.25) is 0 Å². The largest absolute Gasteiger partial charge is 0.497 e. The van der Waals surface area contributed by atoms with E-state index in [1.807, 2.05) is 109 Å². The first kappa shape index (κ1) is 25.7. The lowest BCUT2D eigenvalue weighted by Gasteiger charge is -2.28. The zero-order valence-electron chi connectivity index (χ0n) is 21.8. The predicted molar refractivity (Wildman–Crippen MR) is 152 cm³/mol. The van der Waals surface area contributed by atoms with Gasteiger partial charge in [0.15, 0.2) is 17.2 Å². The Morgan fingerprint density at radius 1 is 0.795 bits per heavy atom. The number of para-hydroxylation sites is 1. The molecule has 0 radical (unpaired) electrons. The SMILES string of the molecule is COc1ccc(\C=C2/OC(=C(/Cc3cccc(OC)c3)c3ccccc3OCc3ccccc3)/C2=N/O)cc1. The molecule has 6 nitrogen and oxygen atoms in total. The van der Waals surface area contributed by atoms with E-state index < -0.39 is 0 Å². The van der Waals surface area contributed by atoms with Crippen molar-refractivity contribution in [3.8, 4) is 17.2 Å². The molecular weight excluding hydrogens is 490 g/mol. The van der Waals surface area contributed by atoms with E-state index in [4.69, 9.17) is 18.9 Å². The Balaban J connectivity index is 1.53. The van der Waals surface area contributed by atoms with E-state index in [-0.39, 0.29) is 0 Å². The van der Waals surface area contributed by atoms with Crippen LogP contribution in [0, 0.1) is 0 Å². The van der Waals surface area contributed by atoms with Gasteiger partial charge in [-0.15, -0.1) is 0 Å². The third-order valence-electron chi connectivity index (χ3n) is 6.41. The second-order valence-electron chi connectivity index (χ2n) is 8.94. The van der Waals surface area contributed by atoms with Crippen LogP contribution in [0.3, 0.4) is 0 Å². The summed E-state index contributed by atoms with van der Waals surface area (Å²) in [7, 11) is 3.27. The van der Waals surface area contributed by atoms with Gasteiger partial charge >= 0.3 is 0 Å². The van der Waals surface area contributed by atoms with E-state index in [0.717, 1.165) is 39.3 Å². The van der Waals surface area contributed by atoms with Crippen molar-refractivity contribution in [2.45, 2.75) is 13.0 Å². The smallest absolute Gasteiger partial charge is 0.187 e. The van der Waals surface area contributed by atoms with Crippen LogP contribution in [0.1, 0.15) is 22.3 Å². The maximum atomic E-state index is 10.0. The standard InChI is InChI=1S/C33H29NO5/c1-36-26-17-15-23(16-18-26)21-31-32(34-35)33(39-31)29(20-25-11-8-12-27(19-25)37-2)28-13-6-7-14-30(28)38-22-24-9-4-3-5-10-24/h3-19,21,35H,20,22H2,1-2H3/b31-21-,33-29-,34-32+. The molecule has 4 aromatic carbocycles. The van der Waals surface area contributed by atoms with E-state index in [2.05, 4.69) is 5.16 Å². The summed E-state index contributed by atoms with van der Waals surface area (Å²) in [5, 5.41) is 13.6. The number of oxime groups is 1. The van der Waals surface area contributed by atoms with E-state index in [1.165, 1.54) is 0 Å². The maximum absolute atomic E-state index is 10.0. The van der Waals surface area contributed by atoms with Crippen molar-refractivity contribution in [3.05, 3.63) is 137 Å². The average Bonchev–Trinajstić information content (AvgIpc) is 2.98. The van der Waals surface area contributed by atoms with E-state index in [9.17, 15) is 5.21 Å². The minimum Gasteiger partial charge on any atom is -0.497 e. The lowest BCUT2D eigenvalue weighted by molar-refractivity contribution is 0.275. The Hall–Kier alpha value is -4.97. The fourth-order valence-corrected chi connectivity index (χ4v) is 4.38. The lowest BCUT2D eigenvalue weighted by atomic mass is 9.92. The normalized spacial score (nSPS) is 15.8. The second-order valence-corrected chi connectivity index (χ2v) is 8.94. The van der Waals surface area contributed by atoms with Crippen LogP contribution in [-0.2, 0) is 17.8 Å². The summed E-state index contributed by atoms with van der Waals surface area (Å²) in [5.41, 5.74) is 5.05. The van der Waals surface area contributed by atoms with E-state index in [1.54, 1.807) is 14.2 Å². The van der Waals surface area contributed by atoms with Gasteiger partial charge in [-0.3, -0.25) is 0 Å². The molecule has 0 atom stereocenters. The number of ether oxygens (including phenoxy) is 4. The molecule has 0 amide bonds. The van der Waals surface area contributed by atoms with Gasteiger partial charge in [0.1, 0.15) is 23.9 Å². The zero-order chi connectivity index (χ0) is 27.0. The topological polar surface area (TPSA) is 69.5 Å². The van der Waals surface area contributed by atoms with Gasteiger partial charge in [-0.1, -0.05) is 78.0 Å². The van der Waals surface area contributed by atoms with Crippen LogP contribution in [0.4, 0.5) is 0 Å². The fraction of sp³-hybridized carbons (Fsp3) is 0.121. The summed E-state index contributed by atoms with van der Waals surface area (Å²) >= 11 is 0. The summed E-state index contributed by atoms with van der Waals surface area (Å²) in [5.74, 6) is 3.20. The van der Waals surface area contributed by atoms with Crippen LogP contribution in [0.25, 0.3) is 11.6 Å². The highest BCUT2D eigenvalue weighted by Crippen LogP contribution is 2.39. The molecular formula is C33H29NO5. The van der Waals surface area contributed by atoms with Gasteiger partial charge in [0, 0.05) is 17.6 Å². The molecule has 1 N–H and O–H groups in total. The van der Waals surface area contributed by atoms with Crippen LogP contribution >= 0.6 is 0 Å². The van der Waals surface area contributed by atoms with Crippen LogP contribution in [-0.4, -0.2) is 25.1 Å². The van der Waals surface area contributed by atoms with Gasteiger partial charge in [-0.2, -0.15) is 0 Å². The van der Waals surface area contributed by atoms with E-state index in [0.29, 0.717) is 36.0 Å². The Kier molecular flexibility index (Phi) is 7.93. The van der Waals surface area contributed by atoms with Crippen molar-refractivity contribution >= 4 is 17.4 Å². The summed E-state index contributed by atoms with van der Waals surface area (Å²) < 4.78 is 23.2. The zero-order valence-corrected chi connectivity index (χ0v) is 21.8. The molecule has 4 aromatic rings. The average molecular weight is 520 g/mol. The molecule has 0 bridgehead atoms. The molecule has 1 aliphatic rings. The first-order valence-corrected chi connectivity index (χ1v) is 12.6. The van der Waals surface area contributed by atoms with Crippen molar-refractivity contribution < 1.29 is 24.2 Å². The highest BCUT2D eigenvalue weighted by Gasteiger charge is 2.34. The predicted octanol–water partition coefficient (Wildman–Crippen LogP) is 7.14. The van der Waals surface area contributed by atoms with Gasteiger partial charge in [0.05, 0.1) is 14.2 Å². The first-order chi connectivity index (χ1) is 19.2. The summed E-state index contributed by atoms with van der Waals surface area (Å²) in [6, 6.07) is 33.3. The molecule has 1 saturated heterocycles. The number of methoxy groups -OCH3 is 2. The summed E-state index contributed by atoms with van der Waals surface area (Å²) in [4.78, 5) is 0. The van der Waals surface area contributed by atoms with Crippen LogP contribution in [0.5, 0.6) is 17.2 Å². The molecule has 5 rings (SSSR count). The van der Waals surface area contributed by atoms with Crippen LogP contribution < -0.4 is 14.2 Å².